The minimum absolute atomic E-state index is 0.439. The molecule has 0 bridgehead atoms. The fourth-order valence-corrected chi connectivity index (χ4v) is 2.31. The second-order valence-corrected chi connectivity index (χ2v) is 4.92. The van der Waals surface area contributed by atoms with Gasteiger partial charge in [0.1, 0.15) is 18.1 Å². The first-order valence-corrected chi connectivity index (χ1v) is 6.77. The lowest BCUT2D eigenvalue weighted by Gasteiger charge is -2.12. The van der Waals surface area contributed by atoms with Crippen LogP contribution < -0.4 is 15.2 Å². The molecule has 2 aromatic carbocycles. The molecule has 2 rings (SSSR count). The second-order valence-electron chi connectivity index (χ2n) is 4.06. The summed E-state index contributed by atoms with van der Waals surface area (Å²) in [4.78, 5) is 0. The summed E-state index contributed by atoms with van der Waals surface area (Å²) in [5.41, 5.74) is 7.77. The van der Waals surface area contributed by atoms with E-state index >= 15 is 0 Å². The molecule has 0 aliphatic carbocycles. The van der Waals surface area contributed by atoms with Crippen molar-refractivity contribution in [2.24, 2.45) is 5.73 Å². The predicted octanol–water partition coefficient (Wildman–Crippen LogP) is 3.50. The molecule has 0 atom stereocenters. The van der Waals surface area contributed by atoms with Gasteiger partial charge in [-0.2, -0.15) is 0 Å². The molecule has 0 unspecified atom stereocenters. The monoisotopic (exact) mass is 321 g/mol. The van der Waals surface area contributed by atoms with E-state index in [1.54, 1.807) is 7.11 Å². The number of nitrogens with two attached hydrogens (primary N) is 1. The maximum atomic E-state index is 5.83. The summed E-state index contributed by atoms with van der Waals surface area (Å²) in [5, 5.41) is 0. The third-order valence-electron chi connectivity index (χ3n) is 2.81. The zero-order valence-electron chi connectivity index (χ0n) is 10.7. The first kappa shape index (κ1) is 13.9. The van der Waals surface area contributed by atoms with Gasteiger partial charge in [0, 0.05) is 16.6 Å². The summed E-state index contributed by atoms with van der Waals surface area (Å²) in [5.74, 6) is 1.63. The van der Waals surface area contributed by atoms with E-state index in [0.29, 0.717) is 13.2 Å². The Morgan fingerprint density at radius 2 is 1.95 bits per heavy atom. The van der Waals surface area contributed by atoms with Gasteiger partial charge in [0.2, 0.25) is 0 Å². The van der Waals surface area contributed by atoms with E-state index in [0.717, 1.165) is 27.1 Å². The quantitative estimate of drug-likeness (QED) is 0.916. The Hall–Kier alpha value is -1.52. The SMILES string of the molecule is COc1cccc(COc2cccc(Br)c2CN)c1. The number of hydrogen-bond acceptors (Lipinski definition) is 3. The first-order valence-electron chi connectivity index (χ1n) is 5.97. The minimum Gasteiger partial charge on any atom is -0.497 e. The van der Waals surface area contributed by atoms with Crippen molar-refractivity contribution >= 4 is 15.9 Å². The third kappa shape index (κ3) is 3.49. The molecule has 2 N–H and O–H groups in total. The maximum absolute atomic E-state index is 5.83. The van der Waals surface area contributed by atoms with Crippen LogP contribution in [0.25, 0.3) is 0 Å². The van der Waals surface area contributed by atoms with Crippen molar-refractivity contribution in [3.05, 3.63) is 58.1 Å². The van der Waals surface area contributed by atoms with Crippen LogP contribution in [0.4, 0.5) is 0 Å². The van der Waals surface area contributed by atoms with Gasteiger partial charge in [0.25, 0.3) is 0 Å². The van der Waals surface area contributed by atoms with Gasteiger partial charge in [-0.15, -0.1) is 0 Å². The second kappa shape index (κ2) is 6.59. The van der Waals surface area contributed by atoms with E-state index in [1.807, 2.05) is 42.5 Å². The molecule has 4 heteroatoms. The van der Waals surface area contributed by atoms with Gasteiger partial charge >= 0.3 is 0 Å². The Bertz CT molecular complexity index is 558. The van der Waals surface area contributed by atoms with Gasteiger partial charge in [-0.25, -0.2) is 0 Å². The Kier molecular flexibility index (Phi) is 4.82. The fourth-order valence-electron chi connectivity index (χ4n) is 1.80. The van der Waals surface area contributed by atoms with Crippen molar-refractivity contribution in [1.29, 1.82) is 0 Å². The van der Waals surface area contributed by atoms with Gasteiger partial charge in [-0.1, -0.05) is 34.1 Å². The van der Waals surface area contributed by atoms with Crippen LogP contribution in [0.3, 0.4) is 0 Å². The molecule has 0 spiro atoms. The van der Waals surface area contributed by atoms with Gasteiger partial charge < -0.3 is 15.2 Å². The Labute approximate surface area is 121 Å². The molecule has 2 aromatic rings. The molecule has 0 aliphatic heterocycles. The van der Waals surface area contributed by atoms with Crippen LogP contribution in [0, 0.1) is 0 Å². The lowest BCUT2D eigenvalue weighted by molar-refractivity contribution is 0.302. The lowest BCUT2D eigenvalue weighted by atomic mass is 10.2. The molecular weight excluding hydrogens is 306 g/mol. The van der Waals surface area contributed by atoms with Crippen LogP contribution in [-0.2, 0) is 13.2 Å². The van der Waals surface area contributed by atoms with Crippen molar-refractivity contribution < 1.29 is 9.47 Å². The van der Waals surface area contributed by atoms with Crippen LogP contribution in [-0.4, -0.2) is 7.11 Å². The molecule has 0 aliphatic rings. The summed E-state index contributed by atoms with van der Waals surface area (Å²) in [6.45, 7) is 0.926. The fraction of sp³-hybridized carbons (Fsp3) is 0.200. The average Bonchev–Trinajstić information content (AvgIpc) is 2.45. The van der Waals surface area contributed by atoms with Crippen LogP contribution in [0.5, 0.6) is 11.5 Å². The summed E-state index contributed by atoms with van der Waals surface area (Å²) in [7, 11) is 1.65. The highest BCUT2D eigenvalue weighted by Crippen LogP contribution is 2.27. The van der Waals surface area contributed by atoms with Crippen molar-refractivity contribution in [3.63, 3.8) is 0 Å². The lowest BCUT2D eigenvalue weighted by Crippen LogP contribution is -2.03. The van der Waals surface area contributed by atoms with Gasteiger partial charge in [-0.05, 0) is 29.8 Å². The normalized spacial score (nSPS) is 10.3. The van der Waals surface area contributed by atoms with Crippen molar-refractivity contribution in [1.82, 2.24) is 0 Å². The smallest absolute Gasteiger partial charge is 0.125 e. The van der Waals surface area contributed by atoms with Gasteiger partial charge in [0.15, 0.2) is 0 Å². The van der Waals surface area contributed by atoms with Gasteiger partial charge in [-0.3, -0.25) is 0 Å². The van der Waals surface area contributed by atoms with Crippen molar-refractivity contribution in [2.45, 2.75) is 13.2 Å². The predicted molar refractivity (Wildman–Crippen MR) is 79.4 cm³/mol. The molecule has 0 saturated heterocycles. The van der Waals surface area contributed by atoms with E-state index in [1.165, 1.54) is 0 Å². The maximum Gasteiger partial charge on any atom is 0.125 e. The third-order valence-corrected chi connectivity index (χ3v) is 3.55. The Balaban J connectivity index is 2.12. The highest BCUT2D eigenvalue weighted by molar-refractivity contribution is 9.10. The van der Waals surface area contributed by atoms with Crippen molar-refractivity contribution in [3.8, 4) is 11.5 Å². The topological polar surface area (TPSA) is 44.5 Å². The molecule has 0 saturated carbocycles. The standard InChI is InChI=1S/C15H16BrNO2/c1-18-12-5-2-4-11(8-12)10-19-15-7-3-6-14(16)13(15)9-17/h2-8H,9-10,17H2,1H3. The molecule has 0 amide bonds. The molecule has 19 heavy (non-hydrogen) atoms. The van der Waals surface area contributed by atoms with E-state index in [4.69, 9.17) is 15.2 Å². The molecule has 0 heterocycles. The summed E-state index contributed by atoms with van der Waals surface area (Å²) in [6.07, 6.45) is 0. The number of halogens is 1. The van der Waals surface area contributed by atoms with Crippen LogP contribution in [0.1, 0.15) is 11.1 Å². The molecule has 100 valence electrons. The molecule has 0 radical (unpaired) electrons. The minimum atomic E-state index is 0.439. The van der Waals surface area contributed by atoms with E-state index in [9.17, 15) is 0 Å². The van der Waals surface area contributed by atoms with Crippen molar-refractivity contribution in [2.75, 3.05) is 7.11 Å². The zero-order chi connectivity index (χ0) is 13.7. The summed E-state index contributed by atoms with van der Waals surface area (Å²) < 4.78 is 12.0. The molecule has 0 fully saturated rings. The van der Waals surface area contributed by atoms with E-state index in [2.05, 4.69) is 15.9 Å². The zero-order valence-corrected chi connectivity index (χ0v) is 12.3. The Morgan fingerprint density at radius 3 is 2.68 bits per heavy atom. The highest BCUT2D eigenvalue weighted by atomic mass is 79.9. The molecule has 3 nitrogen and oxygen atoms in total. The molecule has 0 aromatic heterocycles. The number of rotatable bonds is 5. The molecular formula is C15H16BrNO2. The average molecular weight is 322 g/mol. The van der Waals surface area contributed by atoms with Crippen LogP contribution >= 0.6 is 15.9 Å². The summed E-state index contributed by atoms with van der Waals surface area (Å²) in [6, 6.07) is 13.6. The number of methoxy groups -OCH3 is 1. The van der Waals surface area contributed by atoms with Crippen LogP contribution in [0.2, 0.25) is 0 Å². The first-order chi connectivity index (χ1) is 9.24. The number of hydrogen-bond donors (Lipinski definition) is 1. The van der Waals surface area contributed by atoms with E-state index in [-0.39, 0.29) is 0 Å². The highest BCUT2D eigenvalue weighted by Gasteiger charge is 2.06. The summed E-state index contributed by atoms with van der Waals surface area (Å²) >= 11 is 3.48. The Morgan fingerprint density at radius 1 is 1.16 bits per heavy atom. The van der Waals surface area contributed by atoms with Gasteiger partial charge in [0.05, 0.1) is 7.11 Å². The number of benzene rings is 2. The largest absolute Gasteiger partial charge is 0.497 e. The van der Waals surface area contributed by atoms with E-state index < -0.39 is 0 Å². The van der Waals surface area contributed by atoms with Crippen LogP contribution in [0.15, 0.2) is 46.9 Å². The number of ether oxygens (including phenoxy) is 2.